The van der Waals surface area contributed by atoms with Gasteiger partial charge in [-0.2, -0.15) is 22.0 Å². The lowest BCUT2D eigenvalue weighted by molar-refractivity contribution is -0.126. The molecule has 0 bridgehead atoms. The van der Waals surface area contributed by atoms with Gasteiger partial charge in [-0.25, -0.2) is 0 Å². The largest absolute Gasteiger partial charge is 0.405 e. The highest BCUT2D eigenvalue weighted by Gasteiger charge is 2.44. The fourth-order valence-corrected chi connectivity index (χ4v) is 1.42. The Hall–Kier alpha value is -0.850. The molecule has 0 saturated heterocycles. The van der Waals surface area contributed by atoms with Crippen LogP contribution >= 0.6 is 0 Å². The third-order valence-corrected chi connectivity index (χ3v) is 2.82. The van der Waals surface area contributed by atoms with Crippen molar-refractivity contribution in [2.45, 2.75) is 38.9 Å². The number of hydrogen-bond acceptors (Lipinski definition) is 2. The summed E-state index contributed by atoms with van der Waals surface area (Å²) in [5, 5.41) is 1.61. The van der Waals surface area contributed by atoms with E-state index in [0.29, 0.717) is 0 Å². The quantitative estimate of drug-likeness (QED) is 0.731. The van der Waals surface area contributed by atoms with E-state index in [9.17, 15) is 22.0 Å². The first-order valence-corrected chi connectivity index (χ1v) is 5.53. The average Bonchev–Trinajstić information content (AvgIpc) is 2.22. The van der Waals surface area contributed by atoms with E-state index < -0.39 is 36.3 Å². The van der Waals surface area contributed by atoms with Crippen LogP contribution in [0.5, 0.6) is 0 Å². The molecule has 0 aliphatic rings. The van der Waals surface area contributed by atoms with E-state index in [0.717, 1.165) is 0 Å². The molecule has 0 unspecified atom stereocenters. The minimum atomic E-state index is -4.57. The fourth-order valence-electron chi connectivity index (χ4n) is 1.42. The first kappa shape index (κ1) is 17.2. The maximum absolute atomic E-state index is 13.8. The third-order valence-electron chi connectivity index (χ3n) is 2.82. The minimum Gasteiger partial charge on any atom is -0.375 e. The van der Waals surface area contributed by atoms with Crippen molar-refractivity contribution >= 4 is 0 Å². The van der Waals surface area contributed by atoms with Crippen LogP contribution in [0.25, 0.3) is 0 Å². The molecule has 0 aliphatic carbocycles. The van der Waals surface area contributed by atoms with Crippen LogP contribution in [-0.4, -0.2) is 24.7 Å². The Morgan fingerprint density at radius 2 is 1.61 bits per heavy atom. The Balaban J connectivity index is 4.66. The summed E-state index contributed by atoms with van der Waals surface area (Å²) in [6.45, 7) is 5.98. The predicted molar refractivity (Wildman–Crippen MR) is 60.1 cm³/mol. The Morgan fingerprint density at radius 1 is 1.17 bits per heavy atom. The number of allylic oxidation sites excluding steroid dienone is 1. The summed E-state index contributed by atoms with van der Waals surface area (Å²) >= 11 is 0. The number of alkyl halides is 5. The summed E-state index contributed by atoms with van der Waals surface area (Å²) < 4.78 is 63.3. The van der Waals surface area contributed by atoms with Gasteiger partial charge in [0.25, 0.3) is 5.92 Å². The van der Waals surface area contributed by atoms with Gasteiger partial charge in [0.2, 0.25) is 0 Å². The van der Waals surface area contributed by atoms with Crippen molar-refractivity contribution in [3.8, 4) is 0 Å². The Bertz CT molecular complexity index is 286. The van der Waals surface area contributed by atoms with Gasteiger partial charge in [0.15, 0.2) is 0 Å². The molecule has 0 aliphatic heterocycles. The first-order chi connectivity index (χ1) is 7.89. The van der Waals surface area contributed by atoms with E-state index >= 15 is 0 Å². The maximum atomic E-state index is 13.8. The molecular formula is C11H19F5N2. The Morgan fingerprint density at radius 3 is 1.94 bits per heavy atom. The summed E-state index contributed by atoms with van der Waals surface area (Å²) in [7, 11) is 0. The van der Waals surface area contributed by atoms with Crippen molar-refractivity contribution < 1.29 is 22.0 Å². The van der Waals surface area contributed by atoms with E-state index in [1.54, 1.807) is 19.2 Å². The minimum absolute atomic E-state index is 0.207. The molecule has 18 heavy (non-hydrogen) atoms. The molecule has 0 saturated carbocycles. The van der Waals surface area contributed by atoms with Gasteiger partial charge in [-0.15, -0.1) is 0 Å². The van der Waals surface area contributed by atoms with E-state index in [2.05, 4.69) is 6.58 Å². The average molecular weight is 274 g/mol. The molecule has 0 aromatic heterocycles. The van der Waals surface area contributed by atoms with E-state index in [-0.39, 0.29) is 5.92 Å². The molecule has 0 aromatic rings. The molecule has 108 valence electrons. The zero-order chi connectivity index (χ0) is 14.7. The van der Waals surface area contributed by atoms with Crippen LogP contribution in [0, 0.1) is 11.8 Å². The van der Waals surface area contributed by atoms with Crippen LogP contribution in [0.3, 0.4) is 0 Å². The topological polar surface area (TPSA) is 38.0 Å². The zero-order valence-electron chi connectivity index (χ0n) is 10.6. The molecule has 0 radical (unpaired) electrons. The highest BCUT2D eigenvalue weighted by atomic mass is 19.4. The van der Waals surface area contributed by atoms with Gasteiger partial charge in [-0.1, -0.05) is 27.4 Å². The Labute approximate surface area is 103 Å². The summed E-state index contributed by atoms with van der Waals surface area (Å²) in [6, 6.07) is -0.829. The van der Waals surface area contributed by atoms with Crippen LogP contribution in [0.15, 0.2) is 12.3 Å². The van der Waals surface area contributed by atoms with Crippen LogP contribution in [0.1, 0.15) is 20.8 Å². The Kier molecular flexibility index (Phi) is 5.58. The summed E-state index contributed by atoms with van der Waals surface area (Å²) in [5.74, 6) is -5.00. The van der Waals surface area contributed by atoms with Crippen molar-refractivity contribution in [1.82, 2.24) is 5.32 Å². The standard InChI is InChI=1S/C11H19F5N2/c1-6(2)9(17)7(3)11(15,16)8(4)18-5-10(12,13)14/h6-7,9,18H,4-5,17H2,1-3H3/t7-,9+/m1/s1. The zero-order valence-corrected chi connectivity index (χ0v) is 10.6. The SMILES string of the molecule is C=C(NCC(F)(F)F)C(F)(F)[C@H](C)[C@@H](N)C(C)C. The molecule has 0 amide bonds. The van der Waals surface area contributed by atoms with Gasteiger partial charge in [0.1, 0.15) is 6.54 Å². The van der Waals surface area contributed by atoms with Crippen LogP contribution < -0.4 is 11.1 Å². The smallest absolute Gasteiger partial charge is 0.375 e. The first-order valence-electron chi connectivity index (χ1n) is 5.53. The monoisotopic (exact) mass is 274 g/mol. The van der Waals surface area contributed by atoms with Gasteiger partial charge < -0.3 is 11.1 Å². The highest BCUT2D eigenvalue weighted by Crippen LogP contribution is 2.34. The number of halogens is 5. The van der Waals surface area contributed by atoms with Crippen molar-refractivity contribution in [2.24, 2.45) is 17.6 Å². The number of hydrogen-bond donors (Lipinski definition) is 2. The van der Waals surface area contributed by atoms with E-state index in [1.165, 1.54) is 6.92 Å². The summed E-state index contributed by atoms with van der Waals surface area (Å²) in [6.07, 6.45) is -4.57. The molecule has 7 heteroatoms. The fraction of sp³-hybridized carbons (Fsp3) is 0.818. The number of rotatable bonds is 6. The van der Waals surface area contributed by atoms with Gasteiger partial charge >= 0.3 is 6.18 Å². The number of nitrogens with two attached hydrogens (primary N) is 1. The van der Waals surface area contributed by atoms with E-state index in [1.807, 2.05) is 0 Å². The van der Waals surface area contributed by atoms with Gasteiger partial charge in [0.05, 0.1) is 5.70 Å². The summed E-state index contributed by atoms with van der Waals surface area (Å²) in [4.78, 5) is 0. The lowest BCUT2D eigenvalue weighted by Crippen LogP contribution is -2.47. The third kappa shape index (κ3) is 4.80. The molecule has 0 aromatic carbocycles. The van der Waals surface area contributed by atoms with Crippen molar-refractivity contribution in [1.29, 1.82) is 0 Å². The summed E-state index contributed by atoms with van der Waals surface area (Å²) in [5.41, 5.74) is 4.64. The molecule has 3 N–H and O–H groups in total. The van der Waals surface area contributed by atoms with Crippen molar-refractivity contribution in [3.05, 3.63) is 12.3 Å². The second-order valence-corrected chi connectivity index (χ2v) is 4.68. The normalized spacial score (nSPS) is 16.6. The van der Waals surface area contributed by atoms with Crippen LogP contribution in [0.4, 0.5) is 22.0 Å². The molecule has 0 spiro atoms. The van der Waals surface area contributed by atoms with Crippen LogP contribution in [-0.2, 0) is 0 Å². The number of nitrogens with one attached hydrogen (secondary N) is 1. The lowest BCUT2D eigenvalue weighted by atomic mass is 9.86. The van der Waals surface area contributed by atoms with Crippen LogP contribution in [0.2, 0.25) is 0 Å². The molecule has 2 nitrogen and oxygen atoms in total. The van der Waals surface area contributed by atoms with Gasteiger partial charge in [0, 0.05) is 12.0 Å². The van der Waals surface area contributed by atoms with E-state index in [4.69, 9.17) is 5.73 Å². The lowest BCUT2D eigenvalue weighted by Gasteiger charge is -2.32. The van der Waals surface area contributed by atoms with Crippen molar-refractivity contribution in [3.63, 3.8) is 0 Å². The molecule has 2 atom stereocenters. The second kappa shape index (κ2) is 5.86. The van der Waals surface area contributed by atoms with Gasteiger partial charge in [-0.05, 0) is 5.92 Å². The van der Waals surface area contributed by atoms with Crippen molar-refractivity contribution in [2.75, 3.05) is 6.54 Å². The molecular weight excluding hydrogens is 255 g/mol. The molecule has 0 heterocycles. The molecule has 0 fully saturated rings. The molecule has 0 rings (SSSR count). The highest BCUT2D eigenvalue weighted by molar-refractivity contribution is 5.09. The predicted octanol–water partition coefficient (Wildman–Crippen LogP) is 2.91. The maximum Gasteiger partial charge on any atom is 0.405 e. The van der Waals surface area contributed by atoms with Gasteiger partial charge in [-0.3, -0.25) is 0 Å². The second-order valence-electron chi connectivity index (χ2n) is 4.68.